The van der Waals surface area contributed by atoms with Crippen molar-refractivity contribution in [2.24, 2.45) is 0 Å². The summed E-state index contributed by atoms with van der Waals surface area (Å²) in [5.41, 5.74) is -0.217. The number of nitrogens with zero attached hydrogens (tertiary/aromatic N) is 4. The summed E-state index contributed by atoms with van der Waals surface area (Å²) in [6.07, 6.45) is 1.14. The van der Waals surface area contributed by atoms with E-state index < -0.39 is 14.8 Å². The lowest BCUT2D eigenvalue weighted by Crippen LogP contribution is -2.41. The molecule has 2 heterocycles. The largest absolute Gasteiger partial charge is 0.354 e. The molecule has 1 N–H and O–H groups in total. The van der Waals surface area contributed by atoms with Gasteiger partial charge in [0, 0.05) is 19.6 Å². The molecule has 0 spiro atoms. The molecular weight excluding hydrogens is 286 g/mol. The fourth-order valence-electron chi connectivity index (χ4n) is 1.90. The molecule has 9 nitrogen and oxygen atoms in total. The number of hydrogen-bond donors (Lipinski definition) is 1. The molecule has 10 heteroatoms. The molecule has 0 amide bonds. The Bertz CT molecular complexity index is 604. The van der Waals surface area contributed by atoms with Gasteiger partial charge in [-0.25, -0.2) is 13.4 Å². The number of rotatable bonds is 4. The second kappa shape index (κ2) is 5.57. The van der Waals surface area contributed by atoms with Gasteiger partial charge >= 0.3 is 5.69 Å². The van der Waals surface area contributed by atoms with Gasteiger partial charge in [-0.05, 0) is 6.92 Å². The first kappa shape index (κ1) is 14.4. The monoisotopic (exact) mass is 301 g/mol. The maximum Gasteiger partial charge on any atom is 0.329 e. The number of aromatic nitrogens is 2. The number of nitrogens with one attached hydrogen (secondary N) is 1. The van der Waals surface area contributed by atoms with Crippen LogP contribution in [0.15, 0.2) is 6.20 Å². The van der Waals surface area contributed by atoms with Gasteiger partial charge in [0.1, 0.15) is 6.20 Å². The van der Waals surface area contributed by atoms with Crippen molar-refractivity contribution in [3.63, 3.8) is 0 Å². The highest BCUT2D eigenvalue weighted by Gasteiger charge is 2.28. The van der Waals surface area contributed by atoms with Crippen molar-refractivity contribution < 1.29 is 13.3 Å². The molecule has 0 radical (unpaired) electrons. The third kappa shape index (κ3) is 3.13. The molecule has 1 fully saturated rings. The number of sulfone groups is 1. The van der Waals surface area contributed by atoms with E-state index in [0.29, 0.717) is 12.5 Å². The molecule has 0 unspecified atom stereocenters. The molecule has 0 atom stereocenters. The molecule has 0 bridgehead atoms. The zero-order valence-electron chi connectivity index (χ0n) is 10.9. The predicted molar refractivity (Wildman–Crippen MR) is 73.7 cm³/mol. The number of nitro groups is 1. The summed E-state index contributed by atoms with van der Waals surface area (Å²) in [6.45, 7) is 2.85. The van der Waals surface area contributed by atoms with E-state index in [9.17, 15) is 18.5 Å². The van der Waals surface area contributed by atoms with Gasteiger partial charge in [-0.3, -0.25) is 10.1 Å². The normalized spacial score (nSPS) is 17.8. The summed E-state index contributed by atoms with van der Waals surface area (Å²) < 4.78 is 22.8. The molecule has 1 aromatic rings. The molecule has 2 rings (SSSR count). The Morgan fingerprint density at radius 3 is 2.65 bits per heavy atom. The van der Waals surface area contributed by atoms with E-state index in [1.54, 1.807) is 4.90 Å². The van der Waals surface area contributed by atoms with E-state index in [0.717, 1.165) is 6.20 Å². The highest BCUT2D eigenvalue weighted by molar-refractivity contribution is 7.91. The topological polar surface area (TPSA) is 118 Å². The number of anilines is 2. The summed E-state index contributed by atoms with van der Waals surface area (Å²) >= 11 is 0. The first-order chi connectivity index (χ1) is 9.43. The molecule has 1 aliphatic heterocycles. The average Bonchev–Trinajstić information content (AvgIpc) is 2.38. The minimum Gasteiger partial charge on any atom is -0.354 e. The van der Waals surface area contributed by atoms with Gasteiger partial charge in [0.05, 0.1) is 16.4 Å². The standard InChI is InChI=1S/C10H15N5O4S/c1-2-11-10-12-7-8(15(16)17)9(13-10)14-3-5-20(18,19)6-4-14/h7H,2-6H2,1H3,(H,11,12,13). The highest BCUT2D eigenvalue weighted by Crippen LogP contribution is 2.27. The van der Waals surface area contributed by atoms with E-state index >= 15 is 0 Å². The second-order valence-corrected chi connectivity index (χ2v) is 6.63. The molecule has 1 aromatic heterocycles. The van der Waals surface area contributed by atoms with Gasteiger partial charge in [0.2, 0.25) is 11.8 Å². The first-order valence-corrected chi connectivity index (χ1v) is 7.96. The van der Waals surface area contributed by atoms with Crippen molar-refractivity contribution in [3.05, 3.63) is 16.3 Å². The van der Waals surface area contributed by atoms with Crippen molar-refractivity contribution in [2.45, 2.75) is 6.92 Å². The Kier molecular flexibility index (Phi) is 4.02. The van der Waals surface area contributed by atoms with Crippen molar-refractivity contribution >= 4 is 27.3 Å². The summed E-state index contributed by atoms with van der Waals surface area (Å²) in [7, 11) is -3.05. The molecule has 1 aliphatic rings. The van der Waals surface area contributed by atoms with Crippen LogP contribution >= 0.6 is 0 Å². The summed E-state index contributed by atoms with van der Waals surface area (Å²) in [6, 6.07) is 0. The van der Waals surface area contributed by atoms with Crippen LogP contribution in [0, 0.1) is 10.1 Å². The van der Waals surface area contributed by atoms with Crippen LogP contribution in [0.3, 0.4) is 0 Å². The van der Waals surface area contributed by atoms with E-state index in [-0.39, 0.29) is 36.1 Å². The van der Waals surface area contributed by atoms with Crippen molar-refractivity contribution in [1.29, 1.82) is 0 Å². The van der Waals surface area contributed by atoms with Crippen molar-refractivity contribution in [2.75, 3.05) is 41.4 Å². The Labute approximate surface area is 116 Å². The quantitative estimate of drug-likeness (QED) is 0.612. The third-order valence-electron chi connectivity index (χ3n) is 2.93. The lowest BCUT2D eigenvalue weighted by Gasteiger charge is -2.27. The van der Waals surface area contributed by atoms with Crippen LogP contribution in [-0.4, -0.2) is 54.4 Å². The SMILES string of the molecule is CCNc1ncc([N+](=O)[O-])c(N2CCS(=O)(=O)CC2)n1. The van der Waals surface area contributed by atoms with Crippen LogP contribution in [0.1, 0.15) is 6.92 Å². The lowest BCUT2D eigenvalue weighted by molar-refractivity contribution is -0.384. The van der Waals surface area contributed by atoms with E-state index in [4.69, 9.17) is 0 Å². The molecule has 0 aliphatic carbocycles. The smallest absolute Gasteiger partial charge is 0.329 e. The fraction of sp³-hybridized carbons (Fsp3) is 0.600. The van der Waals surface area contributed by atoms with Gasteiger partial charge in [0.15, 0.2) is 9.84 Å². The number of hydrogen-bond acceptors (Lipinski definition) is 8. The Morgan fingerprint density at radius 1 is 1.45 bits per heavy atom. The Morgan fingerprint density at radius 2 is 2.10 bits per heavy atom. The van der Waals surface area contributed by atoms with Crippen LogP contribution in [-0.2, 0) is 9.84 Å². The van der Waals surface area contributed by atoms with Gasteiger partial charge in [-0.15, -0.1) is 0 Å². The highest BCUT2D eigenvalue weighted by atomic mass is 32.2. The first-order valence-electron chi connectivity index (χ1n) is 6.13. The van der Waals surface area contributed by atoms with E-state index in [2.05, 4.69) is 15.3 Å². The minimum atomic E-state index is -3.05. The zero-order chi connectivity index (χ0) is 14.8. The van der Waals surface area contributed by atoms with Crippen LogP contribution in [0.4, 0.5) is 17.5 Å². The predicted octanol–water partition coefficient (Wildman–Crippen LogP) is 0.0514. The van der Waals surface area contributed by atoms with Gasteiger partial charge < -0.3 is 10.2 Å². The summed E-state index contributed by atoms with van der Waals surface area (Å²) in [5.74, 6) is 0.410. The van der Waals surface area contributed by atoms with Crippen molar-refractivity contribution in [1.82, 2.24) is 9.97 Å². The maximum atomic E-state index is 11.4. The Balaban J connectivity index is 2.32. The molecule has 20 heavy (non-hydrogen) atoms. The van der Waals surface area contributed by atoms with Gasteiger partial charge in [-0.2, -0.15) is 4.98 Å². The van der Waals surface area contributed by atoms with Crippen LogP contribution in [0.5, 0.6) is 0 Å². The van der Waals surface area contributed by atoms with Gasteiger partial charge in [-0.1, -0.05) is 0 Å². The average molecular weight is 301 g/mol. The van der Waals surface area contributed by atoms with E-state index in [1.807, 2.05) is 6.92 Å². The van der Waals surface area contributed by atoms with Crippen molar-refractivity contribution in [3.8, 4) is 0 Å². The molecular formula is C10H15N5O4S. The van der Waals surface area contributed by atoms with E-state index in [1.165, 1.54) is 0 Å². The molecule has 110 valence electrons. The van der Waals surface area contributed by atoms with Crippen LogP contribution in [0.25, 0.3) is 0 Å². The molecule has 0 aromatic carbocycles. The Hall–Kier alpha value is -1.97. The molecule has 1 saturated heterocycles. The zero-order valence-corrected chi connectivity index (χ0v) is 11.8. The maximum absolute atomic E-state index is 11.4. The summed E-state index contributed by atoms with van der Waals surface area (Å²) in [4.78, 5) is 20.1. The molecule has 0 saturated carbocycles. The summed E-state index contributed by atoms with van der Waals surface area (Å²) in [5, 5.41) is 13.9. The third-order valence-corrected chi connectivity index (χ3v) is 4.53. The van der Waals surface area contributed by atoms with Gasteiger partial charge in [0.25, 0.3) is 0 Å². The van der Waals surface area contributed by atoms with Crippen LogP contribution < -0.4 is 10.2 Å². The second-order valence-electron chi connectivity index (χ2n) is 4.33. The fourth-order valence-corrected chi connectivity index (χ4v) is 3.10. The lowest BCUT2D eigenvalue weighted by atomic mass is 10.4. The minimum absolute atomic E-state index is 0.0231. The van der Waals surface area contributed by atoms with Crippen LogP contribution in [0.2, 0.25) is 0 Å².